The van der Waals surface area contributed by atoms with Gasteiger partial charge in [0.05, 0.1) is 6.54 Å². The van der Waals surface area contributed by atoms with Crippen molar-refractivity contribution in [1.82, 2.24) is 14.1 Å². The van der Waals surface area contributed by atoms with Crippen molar-refractivity contribution in [2.45, 2.75) is 37.0 Å². The summed E-state index contributed by atoms with van der Waals surface area (Å²) < 4.78 is 54.2. The highest BCUT2D eigenvalue weighted by atomic mass is 32.2. The second-order valence-corrected chi connectivity index (χ2v) is 9.25. The minimum atomic E-state index is -4.24. The van der Waals surface area contributed by atoms with Crippen LogP contribution in [0.25, 0.3) is 0 Å². The van der Waals surface area contributed by atoms with Gasteiger partial charge in [0.25, 0.3) is 0 Å². The lowest BCUT2D eigenvalue weighted by Gasteiger charge is -2.35. The third kappa shape index (κ3) is 4.87. The van der Waals surface area contributed by atoms with Crippen LogP contribution >= 0.6 is 0 Å². The molecule has 0 aliphatic carbocycles. The zero-order valence-corrected chi connectivity index (χ0v) is 16.8. The molecule has 1 amide bonds. The quantitative estimate of drug-likeness (QED) is 0.755. The van der Waals surface area contributed by atoms with E-state index in [1.54, 1.807) is 0 Å². The predicted octanol–water partition coefficient (Wildman–Crippen LogP) is 2.06. The molecule has 2 heterocycles. The molecule has 0 saturated carbocycles. The minimum absolute atomic E-state index is 0.0679. The summed E-state index contributed by atoms with van der Waals surface area (Å²) in [6.07, 6.45) is 5.55. The van der Waals surface area contributed by atoms with E-state index in [1.807, 2.05) is 9.80 Å². The topological polar surface area (TPSA) is 60.9 Å². The van der Waals surface area contributed by atoms with Gasteiger partial charge in [-0.1, -0.05) is 25.3 Å². The number of carbonyl (C=O) groups is 1. The van der Waals surface area contributed by atoms with Crippen molar-refractivity contribution in [3.05, 3.63) is 29.8 Å². The molecule has 0 atom stereocenters. The highest BCUT2D eigenvalue weighted by molar-refractivity contribution is 7.89. The number of benzene rings is 1. The molecule has 0 radical (unpaired) electrons. The lowest BCUT2D eigenvalue weighted by molar-refractivity contribution is -0.133. The maximum absolute atomic E-state index is 13.9. The van der Waals surface area contributed by atoms with E-state index in [9.17, 15) is 22.0 Å². The van der Waals surface area contributed by atoms with Gasteiger partial charge in [-0.2, -0.15) is 4.31 Å². The van der Waals surface area contributed by atoms with Crippen LogP contribution in [0.2, 0.25) is 0 Å². The summed E-state index contributed by atoms with van der Waals surface area (Å²) in [7, 11) is -4.24. The van der Waals surface area contributed by atoms with Crippen molar-refractivity contribution >= 4 is 15.9 Å². The Morgan fingerprint density at radius 3 is 1.96 bits per heavy atom. The molecule has 6 nitrogen and oxygen atoms in total. The normalized spacial score (nSPS) is 20.6. The number of amides is 1. The van der Waals surface area contributed by atoms with Crippen molar-refractivity contribution in [1.29, 1.82) is 0 Å². The molecule has 0 bridgehead atoms. The van der Waals surface area contributed by atoms with Gasteiger partial charge in [0.15, 0.2) is 4.90 Å². The van der Waals surface area contributed by atoms with Crippen LogP contribution in [0.1, 0.15) is 32.1 Å². The Morgan fingerprint density at radius 1 is 0.857 bits per heavy atom. The molecule has 28 heavy (non-hydrogen) atoms. The minimum Gasteiger partial charge on any atom is -0.342 e. The lowest BCUT2D eigenvalue weighted by Crippen LogP contribution is -2.51. The van der Waals surface area contributed by atoms with E-state index < -0.39 is 26.6 Å². The number of hydrogen-bond donors (Lipinski definition) is 0. The van der Waals surface area contributed by atoms with Gasteiger partial charge in [-0.15, -0.1) is 0 Å². The van der Waals surface area contributed by atoms with E-state index in [0.717, 1.165) is 61.3 Å². The van der Waals surface area contributed by atoms with E-state index in [2.05, 4.69) is 0 Å². The molecular formula is C19H27F2N3O3S. The number of nitrogens with zero attached hydrogens (tertiary/aromatic N) is 3. The number of likely N-dealkylation sites (tertiary alicyclic amines) is 1. The summed E-state index contributed by atoms with van der Waals surface area (Å²) in [6.45, 7) is 2.72. The first kappa shape index (κ1) is 21.1. The number of sulfonamides is 1. The Morgan fingerprint density at radius 2 is 1.39 bits per heavy atom. The van der Waals surface area contributed by atoms with Gasteiger partial charge in [0.2, 0.25) is 15.9 Å². The van der Waals surface area contributed by atoms with E-state index in [4.69, 9.17) is 0 Å². The molecule has 156 valence electrons. The van der Waals surface area contributed by atoms with Gasteiger partial charge in [-0.05, 0) is 25.0 Å². The van der Waals surface area contributed by atoms with Gasteiger partial charge in [0, 0.05) is 39.3 Å². The Bertz CT molecular complexity index is 767. The summed E-state index contributed by atoms with van der Waals surface area (Å²) in [5.74, 6) is -2.11. The standard InChI is InChI=1S/C19H27F2N3O3S/c20-16-7-6-8-17(21)19(16)28(26,27)24-13-11-22(12-14-24)15-18(25)23-9-4-2-1-3-5-10-23/h6-8H,1-5,9-15H2. The summed E-state index contributed by atoms with van der Waals surface area (Å²) in [5, 5.41) is 0. The number of rotatable bonds is 4. The first-order valence-electron chi connectivity index (χ1n) is 9.84. The molecular weight excluding hydrogens is 388 g/mol. The smallest absolute Gasteiger partial charge is 0.249 e. The maximum Gasteiger partial charge on any atom is 0.249 e. The molecule has 0 spiro atoms. The Balaban J connectivity index is 1.57. The fourth-order valence-corrected chi connectivity index (χ4v) is 5.31. The first-order chi connectivity index (χ1) is 13.4. The summed E-state index contributed by atoms with van der Waals surface area (Å²) in [6, 6.07) is 3.01. The molecule has 2 aliphatic heterocycles. The molecule has 1 aromatic rings. The van der Waals surface area contributed by atoms with Crippen molar-refractivity contribution < 1.29 is 22.0 Å². The van der Waals surface area contributed by atoms with Crippen LogP contribution < -0.4 is 0 Å². The van der Waals surface area contributed by atoms with E-state index in [-0.39, 0.29) is 25.5 Å². The van der Waals surface area contributed by atoms with E-state index >= 15 is 0 Å². The van der Waals surface area contributed by atoms with Crippen LogP contribution in [0.15, 0.2) is 23.1 Å². The molecule has 2 fully saturated rings. The Kier molecular flexibility index (Phi) is 7.00. The molecule has 0 N–H and O–H groups in total. The van der Waals surface area contributed by atoms with E-state index in [1.165, 1.54) is 6.42 Å². The zero-order chi connectivity index (χ0) is 20.1. The number of carbonyl (C=O) groups excluding carboxylic acids is 1. The van der Waals surface area contributed by atoms with Crippen LogP contribution in [-0.2, 0) is 14.8 Å². The summed E-state index contributed by atoms with van der Waals surface area (Å²) >= 11 is 0. The van der Waals surface area contributed by atoms with Crippen LogP contribution in [0, 0.1) is 11.6 Å². The molecule has 0 unspecified atom stereocenters. The van der Waals surface area contributed by atoms with Crippen LogP contribution in [0.5, 0.6) is 0 Å². The lowest BCUT2D eigenvalue weighted by atomic mass is 10.1. The Labute approximate surface area is 165 Å². The number of hydrogen-bond acceptors (Lipinski definition) is 4. The predicted molar refractivity (Wildman–Crippen MR) is 101 cm³/mol. The number of piperazine rings is 1. The highest BCUT2D eigenvalue weighted by Gasteiger charge is 2.33. The monoisotopic (exact) mass is 415 g/mol. The number of halogens is 2. The average molecular weight is 416 g/mol. The zero-order valence-electron chi connectivity index (χ0n) is 15.9. The fraction of sp³-hybridized carbons (Fsp3) is 0.632. The van der Waals surface area contributed by atoms with Crippen molar-refractivity contribution in [2.75, 3.05) is 45.8 Å². The second-order valence-electron chi connectivity index (χ2n) is 7.38. The highest BCUT2D eigenvalue weighted by Crippen LogP contribution is 2.23. The van der Waals surface area contributed by atoms with Crippen molar-refractivity contribution in [2.24, 2.45) is 0 Å². The van der Waals surface area contributed by atoms with E-state index in [0.29, 0.717) is 13.1 Å². The summed E-state index contributed by atoms with van der Waals surface area (Å²) in [5.41, 5.74) is 0. The van der Waals surface area contributed by atoms with Crippen LogP contribution in [0.4, 0.5) is 8.78 Å². The molecule has 3 rings (SSSR count). The fourth-order valence-electron chi connectivity index (χ4n) is 3.77. The first-order valence-corrected chi connectivity index (χ1v) is 11.3. The van der Waals surface area contributed by atoms with Gasteiger partial charge in [0.1, 0.15) is 11.6 Å². The molecule has 2 saturated heterocycles. The Hall–Kier alpha value is -1.58. The molecule has 0 aromatic heterocycles. The third-order valence-electron chi connectivity index (χ3n) is 5.42. The van der Waals surface area contributed by atoms with Gasteiger partial charge in [-0.3, -0.25) is 9.69 Å². The van der Waals surface area contributed by atoms with Crippen molar-refractivity contribution in [3.8, 4) is 0 Å². The SMILES string of the molecule is O=C(CN1CCN(S(=O)(=O)c2c(F)cccc2F)CC1)N1CCCCCCC1. The average Bonchev–Trinajstić information content (AvgIpc) is 2.61. The van der Waals surface area contributed by atoms with Gasteiger partial charge < -0.3 is 4.90 Å². The van der Waals surface area contributed by atoms with Crippen LogP contribution in [-0.4, -0.2) is 74.2 Å². The molecule has 1 aromatic carbocycles. The van der Waals surface area contributed by atoms with Gasteiger partial charge in [-0.25, -0.2) is 17.2 Å². The largest absolute Gasteiger partial charge is 0.342 e. The molecule has 9 heteroatoms. The summed E-state index contributed by atoms with van der Waals surface area (Å²) in [4.78, 5) is 15.5. The maximum atomic E-state index is 13.9. The van der Waals surface area contributed by atoms with Crippen molar-refractivity contribution in [3.63, 3.8) is 0 Å². The van der Waals surface area contributed by atoms with Gasteiger partial charge >= 0.3 is 0 Å². The second kappa shape index (κ2) is 9.28. The third-order valence-corrected chi connectivity index (χ3v) is 7.37. The van der Waals surface area contributed by atoms with Crippen LogP contribution in [0.3, 0.4) is 0 Å². The molecule has 2 aliphatic rings.